The van der Waals surface area contributed by atoms with Gasteiger partial charge in [0.2, 0.25) is 0 Å². The number of aliphatic hydroxyl groups is 1. The van der Waals surface area contributed by atoms with Gasteiger partial charge in [-0.15, -0.1) is 0 Å². The zero-order valence-corrected chi connectivity index (χ0v) is 20.3. The summed E-state index contributed by atoms with van der Waals surface area (Å²) in [6, 6.07) is 0. The predicted molar refractivity (Wildman–Crippen MR) is 131 cm³/mol. The first-order valence-electron chi connectivity index (χ1n) is 13.1. The van der Waals surface area contributed by atoms with Gasteiger partial charge in [0, 0.05) is 6.42 Å². The van der Waals surface area contributed by atoms with E-state index < -0.39 is 0 Å². The molecule has 1 N–H and O–H groups in total. The molecule has 174 valence electrons. The first kappa shape index (κ1) is 27.1. The Kier molecular flexibility index (Phi) is 15.2. The minimum Gasteiger partial charge on any atom is -0.393 e. The van der Waals surface area contributed by atoms with Gasteiger partial charge in [0.15, 0.2) is 0 Å². The van der Waals surface area contributed by atoms with Gasteiger partial charge < -0.3 is 5.11 Å². The summed E-state index contributed by atoms with van der Waals surface area (Å²) in [5.41, 5.74) is -0.336. The highest BCUT2D eigenvalue weighted by Gasteiger charge is 2.41. The van der Waals surface area contributed by atoms with E-state index in [4.69, 9.17) is 0 Å². The van der Waals surface area contributed by atoms with Crippen LogP contribution in [0.4, 0.5) is 0 Å². The molecule has 0 bridgehead atoms. The Hall–Kier alpha value is -0.890. The number of hydrogen-bond acceptors (Lipinski definition) is 2. The topological polar surface area (TPSA) is 37.3 Å². The normalized spacial score (nSPS) is 20.4. The van der Waals surface area contributed by atoms with E-state index in [-0.39, 0.29) is 11.5 Å². The second kappa shape index (κ2) is 16.8. The molecule has 2 nitrogen and oxygen atoms in total. The third-order valence-electron chi connectivity index (χ3n) is 6.94. The number of unbranched alkanes of at least 4 members (excludes halogenated alkanes) is 10. The van der Waals surface area contributed by atoms with Gasteiger partial charge in [0.05, 0.1) is 11.5 Å². The Morgan fingerprint density at radius 2 is 1.43 bits per heavy atom. The predicted octanol–water partition coefficient (Wildman–Crippen LogP) is 8.34. The van der Waals surface area contributed by atoms with Crippen molar-refractivity contribution in [2.75, 3.05) is 0 Å². The molecule has 1 rings (SSSR count). The number of aliphatic hydroxyl groups excluding tert-OH is 1. The summed E-state index contributed by atoms with van der Waals surface area (Å²) in [5, 5.41) is 9.87. The third-order valence-corrected chi connectivity index (χ3v) is 6.94. The molecular formula is C28H50O2. The maximum atomic E-state index is 13.5. The van der Waals surface area contributed by atoms with Crippen molar-refractivity contribution in [2.24, 2.45) is 11.3 Å². The molecule has 30 heavy (non-hydrogen) atoms. The van der Waals surface area contributed by atoms with Crippen molar-refractivity contribution >= 4 is 5.78 Å². The molecule has 3 atom stereocenters. The van der Waals surface area contributed by atoms with E-state index >= 15 is 0 Å². The molecule has 2 heteroatoms. The van der Waals surface area contributed by atoms with E-state index in [1.54, 1.807) is 0 Å². The quantitative estimate of drug-likeness (QED) is 0.214. The number of allylic oxidation sites excluding steroid dienone is 4. The maximum absolute atomic E-state index is 13.5. The van der Waals surface area contributed by atoms with E-state index in [0.717, 1.165) is 32.1 Å². The van der Waals surface area contributed by atoms with Crippen molar-refractivity contribution in [3.8, 4) is 0 Å². The SMILES string of the molecule is CCCCCCCCCCCC(=O)C1(C(CCCCC)CCC(C)O)C=CC=CC1. The summed E-state index contributed by atoms with van der Waals surface area (Å²) in [6.07, 6.45) is 27.9. The molecule has 0 aromatic carbocycles. The van der Waals surface area contributed by atoms with E-state index in [9.17, 15) is 9.90 Å². The molecule has 3 unspecified atom stereocenters. The second-order valence-corrected chi connectivity index (χ2v) is 9.65. The van der Waals surface area contributed by atoms with E-state index in [0.29, 0.717) is 18.1 Å². The second-order valence-electron chi connectivity index (χ2n) is 9.65. The molecule has 0 heterocycles. The van der Waals surface area contributed by atoms with Crippen LogP contribution in [0.1, 0.15) is 130 Å². The number of rotatable bonds is 19. The van der Waals surface area contributed by atoms with Gasteiger partial charge in [-0.25, -0.2) is 0 Å². The lowest BCUT2D eigenvalue weighted by Gasteiger charge is -2.39. The molecular weight excluding hydrogens is 368 g/mol. The molecule has 0 radical (unpaired) electrons. The fourth-order valence-corrected chi connectivity index (χ4v) is 4.95. The number of ketones is 1. The van der Waals surface area contributed by atoms with E-state index in [1.807, 2.05) is 6.92 Å². The summed E-state index contributed by atoms with van der Waals surface area (Å²) in [4.78, 5) is 13.5. The van der Waals surface area contributed by atoms with Gasteiger partial charge in [-0.3, -0.25) is 4.79 Å². The minimum atomic E-state index is -0.336. The zero-order valence-electron chi connectivity index (χ0n) is 20.3. The van der Waals surface area contributed by atoms with Crippen molar-refractivity contribution in [3.05, 3.63) is 24.3 Å². The average Bonchev–Trinajstić information content (AvgIpc) is 2.75. The minimum absolute atomic E-state index is 0.286. The van der Waals surface area contributed by atoms with Crippen molar-refractivity contribution in [1.29, 1.82) is 0 Å². The van der Waals surface area contributed by atoms with Gasteiger partial charge in [-0.05, 0) is 44.9 Å². The van der Waals surface area contributed by atoms with Crippen LogP contribution >= 0.6 is 0 Å². The highest BCUT2D eigenvalue weighted by Crippen LogP contribution is 2.44. The fourth-order valence-electron chi connectivity index (χ4n) is 4.95. The van der Waals surface area contributed by atoms with Crippen LogP contribution in [0.15, 0.2) is 24.3 Å². The first-order chi connectivity index (χ1) is 14.6. The summed E-state index contributed by atoms with van der Waals surface area (Å²) in [7, 11) is 0. The molecule has 1 aliphatic carbocycles. The van der Waals surface area contributed by atoms with E-state index in [2.05, 4.69) is 38.2 Å². The monoisotopic (exact) mass is 418 g/mol. The van der Waals surface area contributed by atoms with Crippen LogP contribution in [-0.4, -0.2) is 17.0 Å². The maximum Gasteiger partial charge on any atom is 0.143 e. The fraction of sp³-hybridized carbons (Fsp3) is 0.821. The first-order valence-corrected chi connectivity index (χ1v) is 13.1. The van der Waals surface area contributed by atoms with Gasteiger partial charge in [-0.1, -0.05) is 109 Å². The smallest absolute Gasteiger partial charge is 0.143 e. The van der Waals surface area contributed by atoms with Gasteiger partial charge in [-0.2, -0.15) is 0 Å². The Morgan fingerprint density at radius 1 is 0.833 bits per heavy atom. The Morgan fingerprint density at radius 3 is 2.00 bits per heavy atom. The van der Waals surface area contributed by atoms with E-state index in [1.165, 1.54) is 70.6 Å². The molecule has 0 aromatic heterocycles. The highest BCUT2D eigenvalue weighted by molar-refractivity contribution is 5.87. The average molecular weight is 419 g/mol. The van der Waals surface area contributed by atoms with Crippen molar-refractivity contribution in [1.82, 2.24) is 0 Å². The van der Waals surface area contributed by atoms with Crippen LogP contribution in [0.25, 0.3) is 0 Å². The molecule has 0 amide bonds. The van der Waals surface area contributed by atoms with Crippen molar-refractivity contribution in [2.45, 2.75) is 136 Å². The largest absolute Gasteiger partial charge is 0.393 e. The standard InChI is InChI=1S/C28H50O2/c1-4-6-8-9-10-11-12-13-16-20-27(30)28(23-17-14-18-24-28)26(19-15-7-5-2)22-21-25(3)29/h14,17-18,23,25-26,29H,4-13,15-16,19-22,24H2,1-3H3. The molecule has 0 fully saturated rings. The molecule has 0 spiro atoms. The van der Waals surface area contributed by atoms with Crippen LogP contribution in [0.2, 0.25) is 0 Å². The summed E-state index contributed by atoms with van der Waals surface area (Å²) in [5.74, 6) is 0.795. The number of carbonyl (C=O) groups excluding carboxylic acids is 1. The lowest BCUT2D eigenvalue weighted by Crippen LogP contribution is -2.38. The van der Waals surface area contributed by atoms with Crippen LogP contribution in [0.3, 0.4) is 0 Å². The Bertz CT molecular complexity index is 491. The lowest BCUT2D eigenvalue weighted by atomic mass is 9.64. The van der Waals surface area contributed by atoms with Crippen molar-refractivity contribution in [3.63, 3.8) is 0 Å². The molecule has 0 saturated heterocycles. The molecule has 0 aliphatic heterocycles. The van der Waals surface area contributed by atoms with Crippen LogP contribution < -0.4 is 0 Å². The third kappa shape index (κ3) is 10.4. The Balaban J connectivity index is 2.57. The summed E-state index contributed by atoms with van der Waals surface area (Å²) >= 11 is 0. The highest BCUT2D eigenvalue weighted by atomic mass is 16.3. The number of carbonyl (C=O) groups is 1. The summed E-state index contributed by atoms with van der Waals surface area (Å²) in [6.45, 7) is 6.37. The van der Waals surface area contributed by atoms with Crippen LogP contribution in [0.5, 0.6) is 0 Å². The van der Waals surface area contributed by atoms with Crippen LogP contribution in [0, 0.1) is 11.3 Å². The number of hydrogen-bond donors (Lipinski definition) is 1. The lowest BCUT2D eigenvalue weighted by molar-refractivity contribution is -0.129. The van der Waals surface area contributed by atoms with Crippen LogP contribution in [-0.2, 0) is 4.79 Å². The molecule has 0 aromatic rings. The Labute approximate surface area is 187 Å². The van der Waals surface area contributed by atoms with Crippen molar-refractivity contribution < 1.29 is 9.90 Å². The summed E-state index contributed by atoms with van der Waals surface area (Å²) < 4.78 is 0. The van der Waals surface area contributed by atoms with Gasteiger partial charge in [0.1, 0.15) is 5.78 Å². The van der Waals surface area contributed by atoms with Gasteiger partial charge >= 0.3 is 0 Å². The number of Topliss-reactive ketones (excluding diaryl/α,β-unsaturated/α-hetero) is 1. The molecule has 1 aliphatic rings. The molecule has 0 saturated carbocycles. The van der Waals surface area contributed by atoms with Gasteiger partial charge in [0.25, 0.3) is 0 Å². The zero-order chi connectivity index (χ0) is 22.1.